The summed E-state index contributed by atoms with van der Waals surface area (Å²) in [6.45, 7) is 4.75. The molecule has 2 atom stereocenters. The standard InChI is InChI=1S/C26H28ClN5O4S/c1-16-9-18(15-33)31(14-16)8-6-29-22-10-17(12-28)11-23-19(22)5-7-32(23)37(35,36)24-4-2-3-20-25(24)21(27)13-30-26(20)34/h2-4,10-11,13,16,18,29,33H,5-9,14-15H2,1H3,(H,30,34)/t16-,18+/m1/s1. The highest BCUT2D eigenvalue weighted by Gasteiger charge is 2.35. The van der Waals surface area contributed by atoms with E-state index in [9.17, 15) is 23.6 Å². The van der Waals surface area contributed by atoms with Crippen LogP contribution in [-0.2, 0) is 16.4 Å². The Hall–Kier alpha value is -3.10. The Balaban J connectivity index is 1.47. The number of fused-ring (bicyclic) bond motifs is 2. The number of H-pyrrole nitrogens is 1. The van der Waals surface area contributed by atoms with Crippen LogP contribution in [0.5, 0.6) is 0 Å². The van der Waals surface area contributed by atoms with Gasteiger partial charge in [-0.2, -0.15) is 5.26 Å². The minimum Gasteiger partial charge on any atom is -0.395 e. The molecule has 3 heterocycles. The molecule has 0 spiro atoms. The molecule has 9 nitrogen and oxygen atoms in total. The molecule has 1 saturated heterocycles. The third-order valence-electron chi connectivity index (χ3n) is 7.26. The number of nitriles is 1. The lowest BCUT2D eigenvalue weighted by atomic mass is 10.1. The van der Waals surface area contributed by atoms with E-state index in [0.29, 0.717) is 30.1 Å². The van der Waals surface area contributed by atoms with Gasteiger partial charge in [0.25, 0.3) is 15.6 Å². The van der Waals surface area contributed by atoms with Crippen LogP contribution >= 0.6 is 11.6 Å². The van der Waals surface area contributed by atoms with Gasteiger partial charge >= 0.3 is 0 Å². The molecule has 0 radical (unpaired) electrons. The number of likely N-dealkylation sites (tertiary alicyclic amines) is 1. The number of halogens is 1. The number of anilines is 2. The summed E-state index contributed by atoms with van der Waals surface area (Å²) < 4.78 is 29.1. The van der Waals surface area contributed by atoms with Gasteiger partial charge < -0.3 is 15.4 Å². The number of hydrogen-bond donors (Lipinski definition) is 3. The number of aliphatic hydroxyl groups is 1. The number of rotatable bonds is 7. The number of benzene rings is 2. The van der Waals surface area contributed by atoms with E-state index in [0.717, 1.165) is 30.8 Å². The van der Waals surface area contributed by atoms with Crippen LogP contribution in [0.2, 0.25) is 5.02 Å². The molecule has 0 bridgehead atoms. The van der Waals surface area contributed by atoms with Gasteiger partial charge in [-0.15, -0.1) is 0 Å². The van der Waals surface area contributed by atoms with Crippen LogP contribution in [0.3, 0.4) is 0 Å². The number of nitrogens with one attached hydrogen (secondary N) is 2. The van der Waals surface area contributed by atoms with Crippen LogP contribution in [0.15, 0.2) is 46.2 Å². The van der Waals surface area contributed by atoms with Gasteiger partial charge in [0.05, 0.1) is 33.8 Å². The molecule has 0 unspecified atom stereocenters. The average molecular weight is 542 g/mol. The number of aromatic amines is 1. The maximum absolute atomic E-state index is 13.9. The average Bonchev–Trinajstić information content (AvgIpc) is 3.49. The second-order valence-corrected chi connectivity index (χ2v) is 11.9. The van der Waals surface area contributed by atoms with Crippen LogP contribution < -0.4 is 15.2 Å². The minimum absolute atomic E-state index is 0.0518. The molecular formula is C26H28ClN5O4S. The molecule has 0 aliphatic carbocycles. The van der Waals surface area contributed by atoms with E-state index in [1.165, 1.54) is 28.7 Å². The fourth-order valence-corrected chi connectivity index (χ4v) is 7.60. The fourth-order valence-electron chi connectivity index (χ4n) is 5.56. The van der Waals surface area contributed by atoms with Gasteiger partial charge in [0, 0.05) is 60.4 Å². The first-order valence-corrected chi connectivity index (χ1v) is 14.0. The van der Waals surface area contributed by atoms with Crippen molar-refractivity contribution in [1.29, 1.82) is 5.26 Å². The summed E-state index contributed by atoms with van der Waals surface area (Å²) in [4.78, 5) is 17.1. The molecule has 37 heavy (non-hydrogen) atoms. The van der Waals surface area contributed by atoms with E-state index in [4.69, 9.17) is 11.6 Å². The third-order valence-corrected chi connectivity index (χ3v) is 9.41. The number of hydrogen-bond acceptors (Lipinski definition) is 7. The molecule has 3 aromatic rings. The predicted octanol–water partition coefficient (Wildman–Crippen LogP) is 2.92. The molecule has 1 aromatic heterocycles. The van der Waals surface area contributed by atoms with Gasteiger partial charge in [-0.3, -0.25) is 14.0 Å². The van der Waals surface area contributed by atoms with Gasteiger partial charge in [0.15, 0.2) is 0 Å². The lowest BCUT2D eigenvalue weighted by Crippen LogP contribution is -2.36. The minimum atomic E-state index is -4.09. The summed E-state index contributed by atoms with van der Waals surface area (Å²) >= 11 is 6.33. The number of nitrogens with zero attached hydrogens (tertiary/aromatic N) is 3. The lowest BCUT2D eigenvalue weighted by molar-refractivity contribution is 0.163. The molecular weight excluding hydrogens is 514 g/mol. The van der Waals surface area contributed by atoms with E-state index >= 15 is 0 Å². The van der Waals surface area contributed by atoms with Crippen LogP contribution in [0.1, 0.15) is 24.5 Å². The second-order valence-electron chi connectivity index (χ2n) is 9.70. The monoisotopic (exact) mass is 541 g/mol. The first-order valence-electron chi connectivity index (χ1n) is 12.2. The maximum atomic E-state index is 13.9. The number of pyridine rings is 1. The highest BCUT2D eigenvalue weighted by molar-refractivity contribution is 7.93. The Labute approximate surface area is 220 Å². The van der Waals surface area contributed by atoms with Crippen molar-refractivity contribution in [3.8, 4) is 6.07 Å². The Morgan fingerprint density at radius 3 is 2.89 bits per heavy atom. The van der Waals surface area contributed by atoms with Crippen molar-refractivity contribution in [3.63, 3.8) is 0 Å². The highest BCUT2D eigenvalue weighted by atomic mass is 35.5. The van der Waals surface area contributed by atoms with Gasteiger partial charge in [-0.1, -0.05) is 24.6 Å². The van der Waals surface area contributed by atoms with E-state index in [-0.39, 0.29) is 39.9 Å². The first-order chi connectivity index (χ1) is 17.7. The van der Waals surface area contributed by atoms with Crippen LogP contribution in [0.4, 0.5) is 11.4 Å². The number of aliphatic hydroxyl groups excluding tert-OH is 1. The number of aromatic nitrogens is 1. The normalized spacial score (nSPS) is 19.8. The smallest absolute Gasteiger partial charge is 0.265 e. The quantitative estimate of drug-likeness (QED) is 0.419. The molecule has 3 N–H and O–H groups in total. The Bertz CT molecular complexity index is 1570. The molecule has 0 amide bonds. The van der Waals surface area contributed by atoms with Crippen LogP contribution in [0, 0.1) is 17.2 Å². The van der Waals surface area contributed by atoms with E-state index < -0.39 is 15.6 Å². The largest absolute Gasteiger partial charge is 0.395 e. The SMILES string of the molecule is C[C@@H]1C[C@@H](CO)N(CCNc2cc(C#N)cc3c2CCN3S(=O)(=O)c2cccc3c(=O)[nH]cc(Cl)c23)C1. The van der Waals surface area contributed by atoms with Crippen molar-refractivity contribution in [1.82, 2.24) is 9.88 Å². The highest BCUT2D eigenvalue weighted by Crippen LogP contribution is 2.40. The first kappa shape index (κ1) is 25.5. The van der Waals surface area contributed by atoms with Crippen molar-refractivity contribution in [2.75, 3.05) is 42.4 Å². The van der Waals surface area contributed by atoms with E-state index in [2.05, 4.69) is 28.2 Å². The zero-order chi connectivity index (χ0) is 26.3. The molecule has 1 fully saturated rings. The third kappa shape index (κ3) is 4.57. The Morgan fingerprint density at radius 1 is 1.32 bits per heavy atom. The van der Waals surface area contributed by atoms with Crippen LogP contribution in [-0.4, -0.2) is 62.2 Å². The molecule has 2 aliphatic heterocycles. The Morgan fingerprint density at radius 2 is 2.14 bits per heavy atom. The second kappa shape index (κ2) is 9.99. The Kier molecular flexibility index (Phi) is 6.89. The van der Waals surface area contributed by atoms with Gasteiger partial charge in [0.1, 0.15) is 0 Å². The van der Waals surface area contributed by atoms with Gasteiger partial charge in [-0.05, 0) is 43.0 Å². The van der Waals surface area contributed by atoms with Crippen molar-refractivity contribution in [3.05, 3.63) is 63.0 Å². The maximum Gasteiger partial charge on any atom is 0.265 e. The van der Waals surface area contributed by atoms with Gasteiger partial charge in [0.2, 0.25) is 0 Å². The van der Waals surface area contributed by atoms with Gasteiger partial charge in [-0.25, -0.2) is 8.42 Å². The van der Waals surface area contributed by atoms with E-state index in [1.807, 2.05) is 0 Å². The zero-order valence-corrected chi connectivity index (χ0v) is 21.9. The molecule has 194 valence electrons. The fraction of sp³-hybridized carbons (Fsp3) is 0.385. The van der Waals surface area contributed by atoms with Crippen molar-refractivity contribution < 1.29 is 13.5 Å². The van der Waals surface area contributed by atoms with Crippen molar-refractivity contribution in [2.45, 2.75) is 30.7 Å². The molecule has 2 aliphatic rings. The van der Waals surface area contributed by atoms with E-state index in [1.54, 1.807) is 12.1 Å². The summed E-state index contributed by atoms with van der Waals surface area (Å²) in [5, 5.41) is 23.2. The zero-order valence-electron chi connectivity index (χ0n) is 20.4. The number of sulfonamides is 1. The van der Waals surface area contributed by atoms with Crippen molar-refractivity contribution in [2.24, 2.45) is 5.92 Å². The molecule has 5 rings (SSSR count). The summed E-state index contributed by atoms with van der Waals surface area (Å²) in [5.74, 6) is 0.528. The summed E-state index contributed by atoms with van der Waals surface area (Å²) in [7, 11) is -4.09. The molecule has 2 aromatic carbocycles. The summed E-state index contributed by atoms with van der Waals surface area (Å²) in [6.07, 6.45) is 2.73. The summed E-state index contributed by atoms with van der Waals surface area (Å²) in [5.41, 5.74) is 1.92. The molecule has 11 heteroatoms. The summed E-state index contributed by atoms with van der Waals surface area (Å²) in [6, 6.07) is 10.1. The van der Waals surface area contributed by atoms with Crippen LogP contribution in [0.25, 0.3) is 10.8 Å². The topological polar surface area (TPSA) is 130 Å². The van der Waals surface area contributed by atoms with Crippen molar-refractivity contribution >= 4 is 43.8 Å². The molecule has 0 saturated carbocycles. The predicted molar refractivity (Wildman–Crippen MR) is 144 cm³/mol. The lowest BCUT2D eigenvalue weighted by Gasteiger charge is -2.24.